The quantitative estimate of drug-likeness (QED) is 0.480. The highest BCUT2D eigenvalue weighted by atomic mass is 79.9. The van der Waals surface area contributed by atoms with Crippen molar-refractivity contribution < 1.29 is 4.92 Å². The number of benzene rings is 1. The molecule has 0 radical (unpaired) electrons. The van der Waals surface area contributed by atoms with Crippen molar-refractivity contribution in [3.8, 4) is 0 Å². The molecule has 0 amide bonds. The van der Waals surface area contributed by atoms with Crippen LogP contribution in [0.15, 0.2) is 18.2 Å². The molecule has 0 unspecified atom stereocenters. The largest absolute Gasteiger partial charge is 0.287 e. The van der Waals surface area contributed by atoms with E-state index < -0.39 is 4.92 Å². The number of hydrogen-bond acceptors (Lipinski definition) is 2. The molecule has 0 fully saturated rings. The van der Waals surface area contributed by atoms with Gasteiger partial charge in [0, 0.05) is 11.4 Å². The van der Waals surface area contributed by atoms with Crippen LogP contribution >= 0.6 is 27.5 Å². The molecule has 0 N–H and O–H groups in total. The second-order valence-corrected chi connectivity index (χ2v) is 4.04. The van der Waals surface area contributed by atoms with E-state index in [9.17, 15) is 10.1 Å². The number of rotatable bonds is 4. The molecule has 1 rings (SSSR count). The van der Waals surface area contributed by atoms with Gasteiger partial charge in [0.05, 0.1) is 4.92 Å². The molecule has 1 aromatic rings. The predicted octanol–water partition coefficient (Wildman–Crippen LogP) is 3.58. The smallest absolute Gasteiger partial charge is 0.258 e. The Hall–Kier alpha value is -0.610. The molecule has 0 saturated heterocycles. The second kappa shape index (κ2) is 5.32. The monoisotopic (exact) mass is 277 g/mol. The van der Waals surface area contributed by atoms with Gasteiger partial charge in [0.15, 0.2) is 0 Å². The van der Waals surface area contributed by atoms with Gasteiger partial charge in [-0.2, -0.15) is 0 Å². The molecule has 76 valence electrons. The topological polar surface area (TPSA) is 43.1 Å². The van der Waals surface area contributed by atoms with E-state index in [1.54, 1.807) is 12.1 Å². The Bertz CT molecular complexity index is 344. The first-order valence-electron chi connectivity index (χ1n) is 4.14. The number of aryl methyl sites for hydroxylation is 1. The fraction of sp³-hybridized carbons (Fsp3) is 0.333. The molecular formula is C9H9BrClNO2. The van der Waals surface area contributed by atoms with Crippen LogP contribution in [0, 0.1) is 10.1 Å². The lowest BCUT2D eigenvalue weighted by Crippen LogP contribution is -1.91. The normalized spacial score (nSPS) is 10.1. The van der Waals surface area contributed by atoms with Crippen molar-refractivity contribution in [3.05, 3.63) is 38.9 Å². The van der Waals surface area contributed by atoms with Crippen LogP contribution in [0.4, 0.5) is 5.69 Å². The molecule has 0 heterocycles. The Labute approximate surface area is 95.4 Å². The summed E-state index contributed by atoms with van der Waals surface area (Å²) in [5.41, 5.74) is 0.995. The zero-order valence-electron chi connectivity index (χ0n) is 7.37. The molecule has 14 heavy (non-hydrogen) atoms. The summed E-state index contributed by atoms with van der Waals surface area (Å²) in [6.07, 6.45) is 1.87. The zero-order valence-corrected chi connectivity index (χ0v) is 9.71. The van der Waals surface area contributed by atoms with Crippen LogP contribution in [0.1, 0.15) is 12.0 Å². The van der Waals surface area contributed by atoms with Gasteiger partial charge in [-0.25, -0.2) is 0 Å². The average Bonchev–Trinajstić information content (AvgIpc) is 2.14. The summed E-state index contributed by atoms with van der Waals surface area (Å²) >= 11 is 9.07. The molecule has 0 aliphatic heterocycles. The summed E-state index contributed by atoms with van der Waals surface area (Å²) in [5, 5.41) is 11.6. The van der Waals surface area contributed by atoms with Crippen molar-refractivity contribution in [3.63, 3.8) is 0 Å². The third kappa shape index (κ3) is 2.96. The van der Waals surface area contributed by atoms with E-state index in [1.165, 1.54) is 6.07 Å². The Morgan fingerprint density at radius 3 is 2.71 bits per heavy atom. The number of nitro benzene ring substituents is 1. The SMILES string of the molecule is O=[N+]([O-])c1ccc(CCCBr)cc1Cl. The summed E-state index contributed by atoms with van der Waals surface area (Å²) in [4.78, 5) is 9.99. The lowest BCUT2D eigenvalue weighted by molar-refractivity contribution is -0.384. The second-order valence-electron chi connectivity index (χ2n) is 2.84. The van der Waals surface area contributed by atoms with Crippen molar-refractivity contribution in [2.24, 2.45) is 0 Å². The van der Waals surface area contributed by atoms with Gasteiger partial charge in [-0.15, -0.1) is 0 Å². The predicted molar refractivity (Wildman–Crippen MR) is 60.2 cm³/mol. The number of hydrogen-bond donors (Lipinski definition) is 0. The summed E-state index contributed by atoms with van der Waals surface area (Å²) in [6, 6.07) is 4.85. The van der Waals surface area contributed by atoms with Gasteiger partial charge < -0.3 is 0 Å². The first-order valence-corrected chi connectivity index (χ1v) is 5.64. The van der Waals surface area contributed by atoms with Crippen LogP contribution in [-0.4, -0.2) is 10.3 Å². The summed E-state index contributed by atoms with van der Waals surface area (Å²) in [6.45, 7) is 0. The van der Waals surface area contributed by atoms with Gasteiger partial charge in [0.2, 0.25) is 0 Å². The minimum Gasteiger partial charge on any atom is -0.258 e. The average molecular weight is 279 g/mol. The maximum Gasteiger partial charge on any atom is 0.287 e. The van der Waals surface area contributed by atoms with E-state index in [0.717, 1.165) is 23.7 Å². The molecule has 0 saturated carbocycles. The van der Waals surface area contributed by atoms with Crippen LogP contribution in [0.2, 0.25) is 5.02 Å². The van der Waals surface area contributed by atoms with Crippen molar-refractivity contribution >= 4 is 33.2 Å². The molecule has 0 atom stereocenters. The van der Waals surface area contributed by atoms with Crippen molar-refractivity contribution in [2.75, 3.05) is 5.33 Å². The molecule has 5 heteroatoms. The number of nitro groups is 1. The lowest BCUT2D eigenvalue weighted by atomic mass is 10.1. The van der Waals surface area contributed by atoms with Crippen LogP contribution < -0.4 is 0 Å². The minimum absolute atomic E-state index is 0.0331. The van der Waals surface area contributed by atoms with E-state index in [4.69, 9.17) is 11.6 Å². The number of halogens is 2. The first kappa shape index (κ1) is 11.5. The molecule has 0 aliphatic rings. The number of alkyl halides is 1. The van der Waals surface area contributed by atoms with Crippen molar-refractivity contribution in [2.45, 2.75) is 12.8 Å². The Morgan fingerprint density at radius 1 is 1.50 bits per heavy atom. The van der Waals surface area contributed by atoms with E-state index >= 15 is 0 Å². The van der Waals surface area contributed by atoms with Gasteiger partial charge in [0.25, 0.3) is 5.69 Å². The van der Waals surface area contributed by atoms with Crippen LogP contribution in [-0.2, 0) is 6.42 Å². The molecule has 0 bridgehead atoms. The minimum atomic E-state index is -0.476. The summed E-state index contributed by atoms with van der Waals surface area (Å²) < 4.78 is 0. The maximum atomic E-state index is 10.5. The van der Waals surface area contributed by atoms with Gasteiger partial charge in [-0.1, -0.05) is 33.6 Å². The first-order chi connectivity index (χ1) is 6.65. The summed E-state index contributed by atoms with van der Waals surface area (Å²) in [5.74, 6) is 0. The lowest BCUT2D eigenvalue weighted by Gasteiger charge is -2.00. The Balaban J connectivity index is 2.83. The van der Waals surface area contributed by atoms with Gasteiger partial charge in [0.1, 0.15) is 5.02 Å². The molecule has 3 nitrogen and oxygen atoms in total. The van der Waals surface area contributed by atoms with E-state index in [1.807, 2.05) is 0 Å². The molecule has 1 aromatic carbocycles. The van der Waals surface area contributed by atoms with Crippen LogP contribution in [0.5, 0.6) is 0 Å². The Kier molecular flexibility index (Phi) is 4.35. The molecule has 0 aromatic heterocycles. The van der Waals surface area contributed by atoms with Crippen molar-refractivity contribution in [1.29, 1.82) is 0 Å². The third-order valence-electron chi connectivity index (χ3n) is 1.81. The zero-order chi connectivity index (χ0) is 10.6. The van der Waals surface area contributed by atoms with Gasteiger partial charge >= 0.3 is 0 Å². The fourth-order valence-electron chi connectivity index (χ4n) is 1.12. The van der Waals surface area contributed by atoms with E-state index in [2.05, 4.69) is 15.9 Å². The molecular weight excluding hydrogens is 269 g/mol. The Morgan fingerprint density at radius 2 is 2.21 bits per heavy atom. The fourth-order valence-corrected chi connectivity index (χ4v) is 1.68. The van der Waals surface area contributed by atoms with E-state index in [-0.39, 0.29) is 10.7 Å². The standard InChI is InChI=1S/C9H9BrClNO2/c10-5-1-2-7-3-4-9(12(13)14)8(11)6-7/h3-4,6H,1-2,5H2. The van der Waals surface area contributed by atoms with E-state index in [0.29, 0.717) is 0 Å². The van der Waals surface area contributed by atoms with Crippen LogP contribution in [0.25, 0.3) is 0 Å². The molecule has 0 spiro atoms. The van der Waals surface area contributed by atoms with Crippen molar-refractivity contribution in [1.82, 2.24) is 0 Å². The van der Waals surface area contributed by atoms with Crippen LogP contribution in [0.3, 0.4) is 0 Å². The maximum absolute atomic E-state index is 10.5. The van der Waals surface area contributed by atoms with Gasteiger partial charge in [-0.3, -0.25) is 10.1 Å². The van der Waals surface area contributed by atoms with Gasteiger partial charge in [-0.05, 0) is 24.5 Å². The number of nitrogens with zero attached hydrogens (tertiary/aromatic N) is 1. The highest BCUT2D eigenvalue weighted by Crippen LogP contribution is 2.25. The third-order valence-corrected chi connectivity index (χ3v) is 2.67. The highest BCUT2D eigenvalue weighted by Gasteiger charge is 2.11. The summed E-state index contributed by atoms with van der Waals surface area (Å²) in [7, 11) is 0. The molecule has 0 aliphatic carbocycles. The highest BCUT2D eigenvalue weighted by molar-refractivity contribution is 9.09.